The second-order valence-corrected chi connectivity index (χ2v) is 4.52. The highest BCUT2D eigenvalue weighted by molar-refractivity contribution is 7.80. The number of aromatic nitrogens is 1. The second kappa shape index (κ2) is 5.05. The molecule has 0 atom stereocenters. The first-order chi connectivity index (χ1) is 7.77. The summed E-state index contributed by atoms with van der Waals surface area (Å²) in [6, 6.07) is 10.1. The number of rotatable bonds is 3. The first kappa shape index (κ1) is 11.0. The molecule has 0 radical (unpaired) electrons. The number of thiocarbonyl (C=S) groups is 1. The molecule has 3 nitrogen and oxygen atoms in total. The molecule has 2 rings (SSSR count). The quantitative estimate of drug-likeness (QED) is 0.848. The van der Waals surface area contributed by atoms with Gasteiger partial charge in [-0.2, -0.15) is 0 Å². The van der Waals surface area contributed by atoms with Crippen LogP contribution < -0.4 is 10.6 Å². The van der Waals surface area contributed by atoms with Gasteiger partial charge in [0, 0.05) is 11.6 Å². The van der Waals surface area contributed by atoms with Crippen LogP contribution in [-0.2, 0) is 6.54 Å². The monoisotopic (exact) mass is 249 g/mol. The van der Waals surface area contributed by atoms with E-state index in [1.165, 1.54) is 11.3 Å². The van der Waals surface area contributed by atoms with Crippen LogP contribution in [0.25, 0.3) is 0 Å². The lowest BCUT2D eigenvalue weighted by Gasteiger charge is -2.19. The Kier molecular flexibility index (Phi) is 3.48. The van der Waals surface area contributed by atoms with Crippen molar-refractivity contribution in [3.05, 3.63) is 47.5 Å². The van der Waals surface area contributed by atoms with Crippen molar-refractivity contribution >= 4 is 33.8 Å². The lowest BCUT2D eigenvalue weighted by atomic mass is 10.2. The Labute approximate surface area is 104 Å². The normalized spacial score (nSPS) is 10.0. The molecule has 16 heavy (non-hydrogen) atoms. The lowest BCUT2D eigenvalue weighted by Crippen LogP contribution is -2.34. The van der Waals surface area contributed by atoms with Crippen molar-refractivity contribution in [2.75, 3.05) is 4.90 Å². The fourth-order valence-corrected chi connectivity index (χ4v) is 2.22. The first-order valence-electron chi connectivity index (χ1n) is 4.78. The van der Waals surface area contributed by atoms with Crippen LogP contribution in [0.4, 0.5) is 5.13 Å². The average Bonchev–Trinajstić information content (AvgIpc) is 2.80. The number of nitrogens with zero attached hydrogens (tertiary/aromatic N) is 2. The Morgan fingerprint density at radius 2 is 2.12 bits per heavy atom. The molecule has 5 heteroatoms. The highest BCUT2D eigenvalue weighted by Crippen LogP contribution is 2.19. The van der Waals surface area contributed by atoms with Crippen LogP contribution in [-0.4, -0.2) is 10.1 Å². The van der Waals surface area contributed by atoms with Gasteiger partial charge in [-0.1, -0.05) is 30.3 Å². The number of anilines is 1. The van der Waals surface area contributed by atoms with Crippen molar-refractivity contribution in [1.29, 1.82) is 0 Å². The van der Waals surface area contributed by atoms with E-state index >= 15 is 0 Å². The lowest BCUT2D eigenvalue weighted by molar-refractivity contribution is 0.997. The minimum absolute atomic E-state index is 0.346. The van der Waals surface area contributed by atoms with Gasteiger partial charge in [-0.05, 0) is 17.8 Å². The van der Waals surface area contributed by atoms with E-state index in [4.69, 9.17) is 18.0 Å². The summed E-state index contributed by atoms with van der Waals surface area (Å²) in [6.07, 6.45) is 1.75. The summed E-state index contributed by atoms with van der Waals surface area (Å²) in [4.78, 5) is 6.04. The summed E-state index contributed by atoms with van der Waals surface area (Å²) < 4.78 is 0. The van der Waals surface area contributed by atoms with Crippen LogP contribution in [0, 0.1) is 0 Å². The molecule has 1 aromatic carbocycles. The maximum Gasteiger partial charge on any atom is 0.191 e. The summed E-state index contributed by atoms with van der Waals surface area (Å²) in [7, 11) is 0. The number of nitrogens with two attached hydrogens (primary N) is 1. The number of thiazole rings is 1. The van der Waals surface area contributed by atoms with Crippen molar-refractivity contribution in [1.82, 2.24) is 4.98 Å². The topological polar surface area (TPSA) is 42.1 Å². The van der Waals surface area contributed by atoms with E-state index in [1.54, 1.807) is 6.20 Å². The predicted molar refractivity (Wildman–Crippen MR) is 71.5 cm³/mol. The van der Waals surface area contributed by atoms with Gasteiger partial charge in [0.15, 0.2) is 10.2 Å². The summed E-state index contributed by atoms with van der Waals surface area (Å²) in [6.45, 7) is 0.656. The van der Waals surface area contributed by atoms with Crippen LogP contribution in [0.2, 0.25) is 0 Å². The molecule has 0 fully saturated rings. The van der Waals surface area contributed by atoms with Gasteiger partial charge in [-0.3, -0.25) is 4.90 Å². The van der Waals surface area contributed by atoms with Crippen molar-refractivity contribution in [2.24, 2.45) is 5.73 Å². The van der Waals surface area contributed by atoms with Gasteiger partial charge in [0.05, 0.1) is 6.54 Å². The third kappa shape index (κ3) is 2.56. The van der Waals surface area contributed by atoms with Gasteiger partial charge in [0.2, 0.25) is 0 Å². The van der Waals surface area contributed by atoms with Gasteiger partial charge in [-0.25, -0.2) is 4.98 Å². The fraction of sp³-hybridized carbons (Fsp3) is 0.0909. The van der Waals surface area contributed by atoms with E-state index in [1.807, 2.05) is 40.6 Å². The maximum absolute atomic E-state index is 5.70. The zero-order valence-corrected chi connectivity index (χ0v) is 10.2. The van der Waals surface area contributed by atoms with Gasteiger partial charge in [0.25, 0.3) is 0 Å². The minimum Gasteiger partial charge on any atom is -0.376 e. The molecule has 0 spiro atoms. The van der Waals surface area contributed by atoms with Gasteiger partial charge < -0.3 is 5.73 Å². The van der Waals surface area contributed by atoms with E-state index in [2.05, 4.69) is 4.98 Å². The number of hydrogen-bond donors (Lipinski definition) is 1. The van der Waals surface area contributed by atoms with E-state index in [0.717, 1.165) is 10.7 Å². The molecule has 0 aliphatic heterocycles. The molecule has 0 amide bonds. The van der Waals surface area contributed by atoms with Crippen molar-refractivity contribution in [3.63, 3.8) is 0 Å². The Morgan fingerprint density at radius 1 is 1.38 bits per heavy atom. The number of hydrogen-bond acceptors (Lipinski definition) is 3. The summed E-state index contributed by atoms with van der Waals surface area (Å²) in [5, 5.41) is 3.08. The van der Waals surface area contributed by atoms with Crippen LogP contribution >= 0.6 is 23.6 Å². The third-order valence-electron chi connectivity index (χ3n) is 2.10. The van der Waals surface area contributed by atoms with E-state index in [-0.39, 0.29) is 0 Å². The Morgan fingerprint density at radius 3 is 2.69 bits per heavy atom. The Balaban J connectivity index is 2.19. The molecule has 0 bridgehead atoms. The van der Waals surface area contributed by atoms with Gasteiger partial charge in [0.1, 0.15) is 0 Å². The molecule has 82 valence electrons. The molecule has 2 aromatic rings. The molecular weight excluding hydrogens is 238 g/mol. The zero-order valence-electron chi connectivity index (χ0n) is 8.54. The Hall–Kier alpha value is -1.46. The van der Waals surface area contributed by atoms with E-state index in [9.17, 15) is 0 Å². The summed E-state index contributed by atoms with van der Waals surface area (Å²) >= 11 is 6.56. The molecule has 2 N–H and O–H groups in total. The van der Waals surface area contributed by atoms with Gasteiger partial charge >= 0.3 is 0 Å². The Bertz CT molecular complexity index is 453. The summed E-state index contributed by atoms with van der Waals surface area (Å²) in [5.74, 6) is 0. The van der Waals surface area contributed by atoms with Crippen molar-refractivity contribution in [2.45, 2.75) is 6.54 Å². The fourth-order valence-electron chi connectivity index (χ4n) is 1.36. The molecule has 0 unspecified atom stereocenters. The minimum atomic E-state index is 0.346. The van der Waals surface area contributed by atoms with Crippen molar-refractivity contribution in [3.8, 4) is 0 Å². The van der Waals surface area contributed by atoms with Crippen LogP contribution in [0.5, 0.6) is 0 Å². The molecule has 0 saturated heterocycles. The zero-order chi connectivity index (χ0) is 11.4. The summed E-state index contributed by atoms with van der Waals surface area (Å²) in [5.41, 5.74) is 6.86. The largest absolute Gasteiger partial charge is 0.376 e. The van der Waals surface area contributed by atoms with Crippen LogP contribution in [0.1, 0.15) is 5.56 Å². The number of benzene rings is 1. The van der Waals surface area contributed by atoms with E-state index < -0.39 is 0 Å². The van der Waals surface area contributed by atoms with Gasteiger partial charge in [-0.15, -0.1) is 11.3 Å². The maximum atomic E-state index is 5.70. The highest BCUT2D eigenvalue weighted by Gasteiger charge is 2.11. The second-order valence-electron chi connectivity index (χ2n) is 3.22. The molecule has 1 aromatic heterocycles. The predicted octanol–water partition coefficient (Wildman–Crippen LogP) is 2.39. The third-order valence-corrected chi connectivity index (χ3v) is 3.11. The van der Waals surface area contributed by atoms with Crippen LogP contribution in [0.3, 0.4) is 0 Å². The van der Waals surface area contributed by atoms with Crippen LogP contribution in [0.15, 0.2) is 41.9 Å². The van der Waals surface area contributed by atoms with E-state index in [0.29, 0.717) is 11.7 Å². The first-order valence-corrected chi connectivity index (χ1v) is 6.06. The molecule has 0 aliphatic carbocycles. The standard InChI is InChI=1S/C11H11N3S2/c12-10(15)14(11-13-6-7-16-11)8-9-4-2-1-3-5-9/h1-7H,8H2,(H2,12,15). The highest BCUT2D eigenvalue weighted by atomic mass is 32.1. The molecule has 1 heterocycles. The molecule has 0 aliphatic rings. The SMILES string of the molecule is NC(=S)N(Cc1ccccc1)c1nccs1. The smallest absolute Gasteiger partial charge is 0.191 e. The van der Waals surface area contributed by atoms with Crippen molar-refractivity contribution < 1.29 is 0 Å². The average molecular weight is 249 g/mol. The molecular formula is C11H11N3S2. The molecule has 0 saturated carbocycles.